The van der Waals surface area contributed by atoms with Gasteiger partial charge in [0.05, 0.1) is 0 Å². The molecule has 0 radical (unpaired) electrons. The average molecular weight is 282 g/mol. The van der Waals surface area contributed by atoms with E-state index in [1.165, 1.54) is 0 Å². The number of hydrogen-bond donors (Lipinski definition) is 4. The number of benzene rings is 1. The number of nitrogens with one attached hydrogen (secondary N) is 4. The molecule has 21 heavy (non-hydrogen) atoms. The fraction of sp³-hybridized carbons (Fsp3) is 0.0667. The summed E-state index contributed by atoms with van der Waals surface area (Å²) < 4.78 is 0. The molecule has 0 spiro atoms. The molecule has 3 aromatic rings. The lowest BCUT2D eigenvalue weighted by atomic mass is 10.2. The molecule has 0 saturated heterocycles. The lowest BCUT2D eigenvalue weighted by Gasteiger charge is -2.04. The van der Waals surface area contributed by atoms with Crippen molar-refractivity contribution < 1.29 is 9.59 Å². The highest BCUT2D eigenvalue weighted by molar-refractivity contribution is 6.00. The lowest BCUT2D eigenvalue weighted by molar-refractivity contribution is 0.0842. The predicted molar refractivity (Wildman–Crippen MR) is 78.8 cm³/mol. The molecule has 0 saturated carbocycles. The van der Waals surface area contributed by atoms with E-state index >= 15 is 0 Å². The molecule has 0 aliphatic rings. The Kier molecular flexibility index (Phi) is 3.19. The number of aromatic amines is 2. The van der Waals surface area contributed by atoms with Crippen molar-refractivity contribution >= 4 is 22.7 Å². The zero-order valence-corrected chi connectivity index (χ0v) is 11.4. The van der Waals surface area contributed by atoms with Crippen molar-refractivity contribution in [1.29, 1.82) is 0 Å². The first kappa shape index (κ1) is 13.0. The molecule has 0 aliphatic heterocycles. The van der Waals surface area contributed by atoms with Gasteiger partial charge in [0, 0.05) is 17.1 Å². The van der Waals surface area contributed by atoms with Crippen molar-refractivity contribution in [3.8, 4) is 0 Å². The van der Waals surface area contributed by atoms with Crippen LogP contribution in [0.25, 0.3) is 10.9 Å². The molecule has 106 valence electrons. The summed E-state index contributed by atoms with van der Waals surface area (Å²) in [4.78, 5) is 29.5. The first-order chi connectivity index (χ1) is 10.1. The van der Waals surface area contributed by atoms with Crippen molar-refractivity contribution in [2.45, 2.75) is 6.92 Å². The highest BCUT2D eigenvalue weighted by atomic mass is 16.2. The van der Waals surface area contributed by atoms with Crippen LogP contribution in [0.1, 0.15) is 26.5 Å². The van der Waals surface area contributed by atoms with Crippen molar-refractivity contribution in [3.05, 3.63) is 59.5 Å². The summed E-state index contributed by atoms with van der Waals surface area (Å²) in [6, 6.07) is 10.9. The van der Waals surface area contributed by atoms with Gasteiger partial charge in [0.2, 0.25) is 0 Å². The van der Waals surface area contributed by atoms with Crippen LogP contribution in [0.3, 0.4) is 0 Å². The van der Waals surface area contributed by atoms with Crippen LogP contribution in [0.15, 0.2) is 42.6 Å². The van der Waals surface area contributed by atoms with Gasteiger partial charge in [-0.05, 0) is 36.8 Å². The minimum absolute atomic E-state index is 0.377. The van der Waals surface area contributed by atoms with Gasteiger partial charge in [0.15, 0.2) is 0 Å². The number of hydrazine groups is 1. The number of H-pyrrole nitrogens is 2. The smallest absolute Gasteiger partial charge is 0.286 e. The third-order valence-corrected chi connectivity index (χ3v) is 3.15. The van der Waals surface area contributed by atoms with Crippen LogP contribution in [-0.4, -0.2) is 21.8 Å². The number of carbonyl (C=O) groups is 2. The van der Waals surface area contributed by atoms with Crippen LogP contribution in [0, 0.1) is 6.92 Å². The van der Waals surface area contributed by atoms with Crippen LogP contribution in [0.5, 0.6) is 0 Å². The largest absolute Gasteiger partial charge is 0.357 e. The van der Waals surface area contributed by atoms with E-state index in [9.17, 15) is 9.59 Å². The number of aryl methyl sites for hydroxylation is 1. The van der Waals surface area contributed by atoms with Crippen LogP contribution in [-0.2, 0) is 0 Å². The first-order valence-electron chi connectivity index (χ1n) is 6.47. The quantitative estimate of drug-likeness (QED) is 0.541. The molecule has 1 aromatic carbocycles. The summed E-state index contributed by atoms with van der Waals surface area (Å²) in [5.41, 5.74) is 7.48. The number of aromatic nitrogens is 2. The molecule has 0 fully saturated rings. The van der Waals surface area contributed by atoms with E-state index in [1.807, 2.05) is 25.1 Å². The van der Waals surface area contributed by atoms with Gasteiger partial charge < -0.3 is 9.97 Å². The number of hydrogen-bond acceptors (Lipinski definition) is 2. The maximum absolute atomic E-state index is 12.0. The summed E-state index contributed by atoms with van der Waals surface area (Å²) in [6.45, 7) is 1.98. The third-order valence-electron chi connectivity index (χ3n) is 3.15. The van der Waals surface area contributed by atoms with Crippen molar-refractivity contribution in [3.63, 3.8) is 0 Å². The van der Waals surface area contributed by atoms with E-state index in [0.29, 0.717) is 11.4 Å². The Morgan fingerprint density at radius 3 is 2.48 bits per heavy atom. The Morgan fingerprint density at radius 2 is 1.76 bits per heavy atom. The predicted octanol–water partition coefficient (Wildman–Crippen LogP) is 1.88. The van der Waals surface area contributed by atoms with E-state index in [0.717, 1.165) is 16.5 Å². The Hall–Kier alpha value is -3.02. The fourth-order valence-electron chi connectivity index (χ4n) is 2.08. The average Bonchev–Trinajstić information content (AvgIpc) is 3.12. The summed E-state index contributed by atoms with van der Waals surface area (Å²) >= 11 is 0. The van der Waals surface area contributed by atoms with E-state index in [4.69, 9.17) is 0 Å². The maximum Gasteiger partial charge on any atom is 0.286 e. The van der Waals surface area contributed by atoms with Crippen LogP contribution < -0.4 is 10.9 Å². The molecule has 6 heteroatoms. The van der Waals surface area contributed by atoms with Gasteiger partial charge in [0.1, 0.15) is 11.4 Å². The van der Waals surface area contributed by atoms with E-state index < -0.39 is 11.8 Å². The van der Waals surface area contributed by atoms with Gasteiger partial charge in [-0.3, -0.25) is 20.4 Å². The third kappa shape index (κ3) is 2.64. The molecule has 2 aromatic heterocycles. The van der Waals surface area contributed by atoms with Crippen LogP contribution in [0.4, 0.5) is 0 Å². The molecule has 6 nitrogen and oxygen atoms in total. The Balaban J connectivity index is 1.70. The Morgan fingerprint density at radius 1 is 1.00 bits per heavy atom. The maximum atomic E-state index is 12.0. The Bertz CT molecular complexity index is 802. The SMILES string of the molecule is Cc1ccc2cc(C(=O)NNC(=O)c3ccc[nH]3)[nH]c2c1. The molecule has 0 aliphatic carbocycles. The summed E-state index contributed by atoms with van der Waals surface area (Å²) in [5, 5.41) is 0.946. The molecule has 0 unspecified atom stereocenters. The van der Waals surface area contributed by atoms with Gasteiger partial charge in [0.25, 0.3) is 11.8 Å². The topological polar surface area (TPSA) is 89.8 Å². The summed E-state index contributed by atoms with van der Waals surface area (Å²) in [5.74, 6) is -0.802. The number of amides is 2. The first-order valence-corrected chi connectivity index (χ1v) is 6.47. The molecular weight excluding hydrogens is 268 g/mol. The summed E-state index contributed by atoms with van der Waals surface area (Å²) in [6.07, 6.45) is 1.64. The van der Waals surface area contributed by atoms with Gasteiger partial charge in [-0.2, -0.15) is 0 Å². The molecular formula is C15H14N4O2. The van der Waals surface area contributed by atoms with Gasteiger partial charge in [-0.15, -0.1) is 0 Å². The molecule has 0 atom stereocenters. The zero-order valence-electron chi connectivity index (χ0n) is 11.4. The number of carbonyl (C=O) groups excluding carboxylic acids is 2. The second-order valence-corrected chi connectivity index (χ2v) is 4.77. The van der Waals surface area contributed by atoms with Crippen LogP contribution >= 0.6 is 0 Å². The van der Waals surface area contributed by atoms with Gasteiger partial charge >= 0.3 is 0 Å². The Labute approximate surface area is 120 Å². The standard InChI is InChI=1S/C15H14N4O2/c1-9-4-5-10-8-13(17-12(10)7-9)15(21)19-18-14(20)11-3-2-6-16-11/h2-8,16-17H,1H3,(H,18,20)(H,19,21). The fourth-order valence-corrected chi connectivity index (χ4v) is 2.08. The van der Waals surface area contributed by atoms with E-state index in [2.05, 4.69) is 20.8 Å². The minimum atomic E-state index is -0.402. The van der Waals surface area contributed by atoms with E-state index in [1.54, 1.807) is 24.4 Å². The second kappa shape index (κ2) is 5.16. The molecule has 4 N–H and O–H groups in total. The van der Waals surface area contributed by atoms with Gasteiger partial charge in [-0.25, -0.2) is 0 Å². The lowest BCUT2D eigenvalue weighted by Crippen LogP contribution is -2.41. The van der Waals surface area contributed by atoms with Crippen molar-refractivity contribution in [2.75, 3.05) is 0 Å². The zero-order chi connectivity index (χ0) is 14.8. The normalized spacial score (nSPS) is 10.5. The minimum Gasteiger partial charge on any atom is -0.357 e. The van der Waals surface area contributed by atoms with Gasteiger partial charge in [-0.1, -0.05) is 12.1 Å². The van der Waals surface area contributed by atoms with Crippen molar-refractivity contribution in [2.24, 2.45) is 0 Å². The summed E-state index contributed by atoms with van der Waals surface area (Å²) in [7, 11) is 0. The number of rotatable bonds is 2. The van der Waals surface area contributed by atoms with E-state index in [-0.39, 0.29) is 0 Å². The van der Waals surface area contributed by atoms with Crippen LogP contribution in [0.2, 0.25) is 0 Å². The molecule has 2 heterocycles. The van der Waals surface area contributed by atoms with Crippen molar-refractivity contribution in [1.82, 2.24) is 20.8 Å². The number of fused-ring (bicyclic) bond motifs is 1. The monoisotopic (exact) mass is 282 g/mol. The molecule has 2 amide bonds. The highest BCUT2D eigenvalue weighted by Crippen LogP contribution is 2.16. The second-order valence-electron chi connectivity index (χ2n) is 4.77. The molecule has 0 bridgehead atoms. The highest BCUT2D eigenvalue weighted by Gasteiger charge is 2.11. The molecule has 3 rings (SSSR count).